The van der Waals surface area contributed by atoms with E-state index in [1.807, 2.05) is 44.2 Å². The quantitative estimate of drug-likeness (QED) is 0.395. The van der Waals surface area contributed by atoms with Gasteiger partial charge in [0, 0.05) is 37.8 Å². The fraction of sp³-hybridized carbons (Fsp3) is 0.100. The van der Waals surface area contributed by atoms with Gasteiger partial charge in [-0.25, -0.2) is 10.2 Å². The Morgan fingerprint density at radius 1 is 1.11 bits per heavy atom. The number of anilines is 1. The van der Waals surface area contributed by atoms with Crippen LogP contribution >= 0.6 is 27.5 Å². The Labute approximate surface area is 171 Å². The fourth-order valence-corrected chi connectivity index (χ4v) is 3.58. The van der Waals surface area contributed by atoms with Crippen molar-refractivity contribution in [2.24, 2.45) is 5.10 Å². The Morgan fingerprint density at radius 3 is 2.56 bits per heavy atom. The van der Waals surface area contributed by atoms with Crippen molar-refractivity contribution in [1.82, 2.24) is 9.99 Å². The highest BCUT2D eigenvalue weighted by atomic mass is 79.9. The molecule has 1 heterocycles. The van der Waals surface area contributed by atoms with E-state index in [1.54, 1.807) is 30.5 Å². The minimum absolute atomic E-state index is 0.443. The summed E-state index contributed by atoms with van der Waals surface area (Å²) in [6.45, 7) is 4.04. The molecule has 0 spiro atoms. The predicted molar refractivity (Wildman–Crippen MR) is 114 cm³/mol. The normalized spacial score (nSPS) is 11.0. The number of halogens is 2. The van der Waals surface area contributed by atoms with Crippen LogP contribution < -0.4 is 10.7 Å². The summed E-state index contributed by atoms with van der Waals surface area (Å²) in [6.07, 6.45) is 1.63. The average molecular weight is 446 g/mol. The Morgan fingerprint density at radius 2 is 1.85 bits per heavy atom. The molecule has 5 nitrogen and oxygen atoms in total. The van der Waals surface area contributed by atoms with Crippen LogP contribution in [0.15, 0.2) is 64.2 Å². The van der Waals surface area contributed by atoms with E-state index >= 15 is 0 Å². The van der Waals surface area contributed by atoms with Crippen LogP contribution in [0.5, 0.6) is 0 Å². The standard InChI is InChI=1S/C20H18BrClN4O/c1-13-18(19(21)14(2)26(13)17-9-4-3-5-10-17)12-23-25-20(27)24-16-8-6-7-15(22)11-16/h3-12H,1-2H3,(H2,24,25,27)/b23-12+. The first-order chi connectivity index (χ1) is 13.0. The number of rotatable bonds is 4. The second-order valence-electron chi connectivity index (χ2n) is 5.90. The summed E-state index contributed by atoms with van der Waals surface area (Å²) in [5.41, 5.74) is 7.11. The van der Waals surface area contributed by atoms with E-state index in [0.29, 0.717) is 10.7 Å². The van der Waals surface area contributed by atoms with Gasteiger partial charge in [0.05, 0.1) is 6.21 Å². The lowest BCUT2D eigenvalue weighted by Gasteiger charge is -2.09. The smallest absolute Gasteiger partial charge is 0.317 e. The second kappa shape index (κ2) is 8.41. The minimum Gasteiger partial charge on any atom is -0.317 e. The lowest BCUT2D eigenvalue weighted by molar-refractivity contribution is 0.252. The number of benzene rings is 2. The Bertz CT molecular complexity index is 999. The second-order valence-corrected chi connectivity index (χ2v) is 7.13. The summed E-state index contributed by atoms with van der Waals surface area (Å²) < 4.78 is 3.07. The number of nitrogens with one attached hydrogen (secondary N) is 2. The number of carbonyl (C=O) groups excluding carboxylic acids is 1. The molecule has 0 saturated carbocycles. The maximum atomic E-state index is 12.0. The van der Waals surface area contributed by atoms with Crippen LogP contribution in [-0.2, 0) is 0 Å². The first kappa shape index (κ1) is 19.2. The van der Waals surface area contributed by atoms with Gasteiger partial charge in [-0.1, -0.05) is 35.9 Å². The van der Waals surface area contributed by atoms with E-state index in [-0.39, 0.29) is 0 Å². The maximum Gasteiger partial charge on any atom is 0.339 e. The number of aromatic nitrogens is 1. The van der Waals surface area contributed by atoms with Crippen molar-refractivity contribution in [3.05, 3.63) is 81.0 Å². The van der Waals surface area contributed by atoms with Crippen molar-refractivity contribution in [2.45, 2.75) is 13.8 Å². The Kier molecular flexibility index (Phi) is 5.98. The lowest BCUT2D eigenvalue weighted by atomic mass is 10.2. The minimum atomic E-state index is -0.443. The molecule has 0 radical (unpaired) electrons. The number of nitrogens with zero attached hydrogens (tertiary/aromatic N) is 2. The van der Waals surface area contributed by atoms with E-state index in [9.17, 15) is 4.79 Å². The molecule has 2 aromatic carbocycles. The van der Waals surface area contributed by atoms with Gasteiger partial charge in [-0.3, -0.25) is 0 Å². The molecule has 0 saturated heterocycles. The number of hydrazone groups is 1. The number of urea groups is 1. The van der Waals surface area contributed by atoms with E-state index < -0.39 is 6.03 Å². The van der Waals surface area contributed by atoms with E-state index in [2.05, 4.69) is 36.3 Å². The van der Waals surface area contributed by atoms with Gasteiger partial charge in [0.15, 0.2) is 0 Å². The molecular weight excluding hydrogens is 428 g/mol. The molecule has 2 N–H and O–H groups in total. The van der Waals surface area contributed by atoms with Crippen LogP contribution in [-0.4, -0.2) is 16.8 Å². The van der Waals surface area contributed by atoms with Gasteiger partial charge in [-0.2, -0.15) is 5.10 Å². The van der Waals surface area contributed by atoms with Crippen LogP contribution in [0.2, 0.25) is 5.02 Å². The Hall–Kier alpha value is -2.57. The van der Waals surface area contributed by atoms with Crippen LogP contribution in [0.25, 0.3) is 5.69 Å². The highest BCUT2D eigenvalue weighted by Crippen LogP contribution is 2.29. The molecule has 0 aliphatic heterocycles. The van der Waals surface area contributed by atoms with Crippen molar-refractivity contribution >= 4 is 45.5 Å². The van der Waals surface area contributed by atoms with Gasteiger partial charge in [-0.05, 0) is 60.1 Å². The van der Waals surface area contributed by atoms with Crippen LogP contribution in [0.3, 0.4) is 0 Å². The summed E-state index contributed by atoms with van der Waals surface area (Å²) in [6, 6.07) is 16.5. The number of carbonyl (C=O) groups is 1. The van der Waals surface area contributed by atoms with Crippen molar-refractivity contribution < 1.29 is 4.79 Å². The summed E-state index contributed by atoms with van der Waals surface area (Å²) in [7, 11) is 0. The molecule has 0 aliphatic carbocycles. The Balaban J connectivity index is 1.75. The van der Waals surface area contributed by atoms with E-state index in [4.69, 9.17) is 11.6 Å². The van der Waals surface area contributed by atoms with Gasteiger partial charge in [-0.15, -0.1) is 0 Å². The van der Waals surface area contributed by atoms with Gasteiger partial charge in [0.2, 0.25) is 0 Å². The molecule has 0 atom stereocenters. The molecule has 0 unspecified atom stereocenters. The fourth-order valence-electron chi connectivity index (χ4n) is 2.82. The zero-order valence-electron chi connectivity index (χ0n) is 14.8. The van der Waals surface area contributed by atoms with Gasteiger partial charge < -0.3 is 9.88 Å². The molecule has 7 heteroatoms. The molecule has 0 aliphatic rings. The molecular formula is C20H18BrClN4O. The van der Waals surface area contributed by atoms with Crippen LogP contribution in [0.4, 0.5) is 10.5 Å². The van der Waals surface area contributed by atoms with Crippen molar-refractivity contribution in [3.63, 3.8) is 0 Å². The molecule has 3 rings (SSSR count). The maximum absolute atomic E-state index is 12.0. The first-order valence-electron chi connectivity index (χ1n) is 8.26. The average Bonchev–Trinajstić information content (AvgIpc) is 2.85. The van der Waals surface area contributed by atoms with Crippen molar-refractivity contribution in [2.75, 3.05) is 5.32 Å². The predicted octanol–water partition coefficient (Wildman–Crippen LogP) is 5.67. The molecule has 1 aromatic heterocycles. The van der Waals surface area contributed by atoms with Gasteiger partial charge in [0.1, 0.15) is 0 Å². The van der Waals surface area contributed by atoms with Crippen LogP contribution in [0.1, 0.15) is 17.0 Å². The zero-order valence-corrected chi connectivity index (χ0v) is 17.2. The summed E-state index contributed by atoms with van der Waals surface area (Å²) in [4.78, 5) is 12.0. The summed E-state index contributed by atoms with van der Waals surface area (Å²) in [5, 5.41) is 7.29. The molecule has 138 valence electrons. The van der Waals surface area contributed by atoms with Crippen molar-refractivity contribution in [3.8, 4) is 5.69 Å². The third-order valence-electron chi connectivity index (χ3n) is 4.07. The summed E-state index contributed by atoms with van der Waals surface area (Å²) >= 11 is 9.53. The number of para-hydroxylation sites is 1. The molecule has 27 heavy (non-hydrogen) atoms. The molecule has 0 fully saturated rings. The van der Waals surface area contributed by atoms with E-state index in [1.165, 1.54) is 0 Å². The zero-order chi connectivity index (χ0) is 19.4. The van der Waals surface area contributed by atoms with Crippen molar-refractivity contribution in [1.29, 1.82) is 0 Å². The number of hydrogen-bond acceptors (Lipinski definition) is 2. The first-order valence-corrected chi connectivity index (χ1v) is 9.43. The SMILES string of the molecule is Cc1c(Br)c(/C=N/NC(=O)Nc2cccc(Cl)c2)c(C)n1-c1ccccc1. The number of hydrogen-bond donors (Lipinski definition) is 2. The van der Waals surface area contributed by atoms with Crippen LogP contribution in [0, 0.1) is 13.8 Å². The van der Waals surface area contributed by atoms with E-state index in [0.717, 1.165) is 27.1 Å². The third kappa shape index (κ3) is 4.40. The largest absolute Gasteiger partial charge is 0.339 e. The third-order valence-corrected chi connectivity index (χ3v) is 5.31. The number of amides is 2. The topological polar surface area (TPSA) is 58.4 Å². The van der Waals surface area contributed by atoms with Gasteiger partial charge in [0.25, 0.3) is 0 Å². The molecule has 0 bridgehead atoms. The molecule has 3 aromatic rings. The molecule has 2 amide bonds. The monoisotopic (exact) mass is 444 g/mol. The highest BCUT2D eigenvalue weighted by molar-refractivity contribution is 9.10. The van der Waals surface area contributed by atoms with Gasteiger partial charge >= 0.3 is 6.03 Å². The summed E-state index contributed by atoms with van der Waals surface area (Å²) in [5.74, 6) is 0. The lowest BCUT2D eigenvalue weighted by Crippen LogP contribution is -2.24. The highest BCUT2D eigenvalue weighted by Gasteiger charge is 2.15.